The molecule has 0 heterocycles. The first kappa shape index (κ1) is 19.9. The molecule has 0 saturated heterocycles. The molecule has 0 aromatic carbocycles. The lowest BCUT2D eigenvalue weighted by molar-refractivity contribution is 0.0429. The first-order chi connectivity index (χ1) is 9.74. The zero-order chi connectivity index (χ0) is 15.2. The van der Waals surface area contributed by atoms with Gasteiger partial charge in [-0.2, -0.15) is 0 Å². The van der Waals surface area contributed by atoms with Gasteiger partial charge in [0.1, 0.15) is 0 Å². The van der Waals surface area contributed by atoms with Crippen molar-refractivity contribution in [1.29, 1.82) is 0 Å². The molecule has 0 aromatic heterocycles. The molecule has 3 heteroatoms. The first-order valence-electron chi connectivity index (χ1n) is 8.87. The number of hydrogen-bond donors (Lipinski definition) is 0. The van der Waals surface area contributed by atoms with Crippen LogP contribution in [0.5, 0.6) is 0 Å². The van der Waals surface area contributed by atoms with Crippen LogP contribution in [0.1, 0.15) is 59.8 Å². The molecule has 0 saturated carbocycles. The van der Waals surface area contributed by atoms with Gasteiger partial charge in [0.15, 0.2) is 0 Å². The number of rotatable bonds is 13. The van der Waals surface area contributed by atoms with Crippen LogP contribution in [0.15, 0.2) is 11.8 Å². The van der Waals surface area contributed by atoms with Crippen LogP contribution < -0.4 is 0 Å². The smallest absolute Gasteiger partial charge is 0.0657 e. The molecular weight excluding hydrogens is 260 g/mol. The summed E-state index contributed by atoms with van der Waals surface area (Å²) in [5.74, 6) is 0. The van der Waals surface area contributed by atoms with Crippen molar-refractivity contribution >= 4 is 9.52 Å². The summed E-state index contributed by atoms with van der Waals surface area (Å²) < 4.78 is 0. The van der Waals surface area contributed by atoms with Gasteiger partial charge in [-0.1, -0.05) is 40.3 Å². The molecule has 0 amide bonds. The van der Waals surface area contributed by atoms with Crippen LogP contribution in [0, 0.1) is 0 Å². The Bertz CT molecular complexity index is 203. The summed E-state index contributed by atoms with van der Waals surface area (Å²) in [6.45, 7) is 16.5. The van der Waals surface area contributed by atoms with Crippen LogP contribution in [-0.2, 0) is 0 Å². The van der Waals surface area contributed by atoms with Crippen molar-refractivity contribution in [3.05, 3.63) is 11.8 Å². The zero-order valence-corrected chi connectivity index (χ0v) is 16.1. The van der Waals surface area contributed by atoms with Crippen molar-refractivity contribution in [2.45, 2.75) is 72.5 Å². The Morgan fingerprint density at radius 3 is 1.50 bits per heavy atom. The third-order valence-electron chi connectivity index (χ3n) is 3.64. The Hall–Kier alpha value is -0.123. The lowest BCUT2D eigenvalue weighted by Crippen LogP contribution is -2.49. The lowest BCUT2D eigenvalue weighted by Gasteiger charge is -2.39. The van der Waals surface area contributed by atoms with Crippen LogP contribution in [0.4, 0.5) is 0 Å². The third kappa shape index (κ3) is 8.23. The predicted octanol–water partition coefficient (Wildman–Crippen LogP) is 3.68. The molecule has 0 aromatic rings. The molecule has 20 heavy (non-hydrogen) atoms. The second-order valence-electron chi connectivity index (χ2n) is 5.67. The summed E-state index contributed by atoms with van der Waals surface area (Å²) in [7, 11) is 0.0583. The van der Waals surface area contributed by atoms with Crippen molar-refractivity contribution < 1.29 is 0 Å². The molecule has 0 N–H and O–H groups in total. The molecule has 0 fully saturated rings. The topological polar surface area (TPSA) is 6.48 Å². The minimum absolute atomic E-state index is 0.0583. The molecule has 0 radical (unpaired) electrons. The molecule has 0 rings (SSSR count). The molecule has 0 atom stereocenters. The highest BCUT2D eigenvalue weighted by molar-refractivity contribution is 6.40. The standard InChI is InChI=1S/C17H38N2Si/c1-6-12-18(13-7-2)17(11-10-16-20-5)19(14-8-3)15-9-4/h10,16-17H,6-9,11-15,20H2,1-5H3. The molecule has 0 spiro atoms. The van der Waals surface area contributed by atoms with Gasteiger partial charge in [0, 0.05) is 9.52 Å². The summed E-state index contributed by atoms with van der Waals surface area (Å²) in [4.78, 5) is 5.43. The van der Waals surface area contributed by atoms with E-state index in [2.05, 4.69) is 55.8 Å². The first-order valence-corrected chi connectivity index (χ1v) is 11.1. The van der Waals surface area contributed by atoms with E-state index in [0.717, 1.165) is 0 Å². The van der Waals surface area contributed by atoms with Gasteiger partial charge in [0.05, 0.1) is 6.17 Å². The third-order valence-corrected chi connectivity index (χ3v) is 4.44. The molecule has 0 aliphatic heterocycles. The van der Waals surface area contributed by atoms with Crippen LogP contribution in [-0.4, -0.2) is 51.7 Å². The zero-order valence-electron chi connectivity index (χ0n) is 14.7. The van der Waals surface area contributed by atoms with Gasteiger partial charge in [-0.05, 0) is 58.3 Å². The van der Waals surface area contributed by atoms with Crippen molar-refractivity contribution in [1.82, 2.24) is 9.80 Å². The summed E-state index contributed by atoms with van der Waals surface area (Å²) >= 11 is 0. The molecule has 120 valence electrons. The van der Waals surface area contributed by atoms with E-state index < -0.39 is 0 Å². The molecule has 0 aliphatic rings. The normalized spacial score (nSPS) is 13.0. The maximum absolute atomic E-state index is 2.72. The molecule has 0 bridgehead atoms. The molecule has 0 unspecified atom stereocenters. The van der Waals surface area contributed by atoms with E-state index in [1.54, 1.807) is 0 Å². The maximum Gasteiger partial charge on any atom is 0.0657 e. The van der Waals surface area contributed by atoms with Crippen molar-refractivity contribution in [2.75, 3.05) is 26.2 Å². The molecule has 0 aliphatic carbocycles. The van der Waals surface area contributed by atoms with Gasteiger partial charge in [-0.15, -0.1) is 5.70 Å². The van der Waals surface area contributed by atoms with E-state index >= 15 is 0 Å². The summed E-state index contributed by atoms with van der Waals surface area (Å²) in [5.41, 5.74) is 2.46. The van der Waals surface area contributed by atoms with Gasteiger partial charge < -0.3 is 0 Å². The lowest BCUT2D eigenvalue weighted by atomic mass is 10.2. The Labute approximate surface area is 130 Å². The Morgan fingerprint density at radius 2 is 1.20 bits per heavy atom. The second kappa shape index (κ2) is 13.8. The van der Waals surface area contributed by atoms with Gasteiger partial charge in [-0.3, -0.25) is 9.80 Å². The largest absolute Gasteiger partial charge is 0.288 e. The van der Waals surface area contributed by atoms with E-state index in [0.29, 0.717) is 6.17 Å². The summed E-state index contributed by atoms with van der Waals surface area (Å²) in [6, 6.07) is 0. The van der Waals surface area contributed by atoms with Gasteiger partial charge in [0.2, 0.25) is 0 Å². The second-order valence-corrected chi connectivity index (χ2v) is 6.96. The van der Waals surface area contributed by atoms with E-state index in [-0.39, 0.29) is 9.52 Å². The minimum atomic E-state index is 0.0583. The van der Waals surface area contributed by atoms with Crippen molar-refractivity contribution in [3.8, 4) is 0 Å². The Balaban J connectivity index is 4.90. The van der Waals surface area contributed by atoms with E-state index in [4.69, 9.17) is 0 Å². The van der Waals surface area contributed by atoms with E-state index in [1.807, 2.05) is 0 Å². The van der Waals surface area contributed by atoms with Gasteiger partial charge in [0.25, 0.3) is 0 Å². The highest BCUT2D eigenvalue weighted by atomic mass is 28.2. The monoisotopic (exact) mass is 298 g/mol. The fraction of sp³-hybridized carbons (Fsp3) is 0.882. The van der Waals surface area contributed by atoms with Gasteiger partial charge in [-0.25, -0.2) is 0 Å². The average molecular weight is 299 g/mol. The van der Waals surface area contributed by atoms with Crippen LogP contribution in [0.25, 0.3) is 0 Å². The van der Waals surface area contributed by atoms with Crippen LogP contribution in [0.2, 0.25) is 6.55 Å². The van der Waals surface area contributed by atoms with Crippen molar-refractivity contribution in [2.24, 2.45) is 0 Å². The van der Waals surface area contributed by atoms with Crippen LogP contribution >= 0.6 is 0 Å². The summed E-state index contributed by atoms with van der Waals surface area (Å²) in [6.07, 6.45) is 9.31. The molecular formula is C17H38N2Si. The highest BCUT2D eigenvalue weighted by Gasteiger charge is 2.22. The number of hydrogen-bond acceptors (Lipinski definition) is 2. The molecule has 2 nitrogen and oxygen atoms in total. The summed E-state index contributed by atoms with van der Waals surface area (Å²) in [5, 5.41) is 0. The predicted molar refractivity (Wildman–Crippen MR) is 96.3 cm³/mol. The van der Waals surface area contributed by atoms with Crippen LogP contribution in [0.3, 0.4) is 0 Å². The Morgan fingerprint density at radius 1 is 0.800 bits per heavy atom. The number of nitrogens with zero attached hydrogens (tertiary/aromatic N) is 2. The fourth-order valence-corrected chi connectivity index (χ4v) is 3.41. The Kier molecular flexibility index (Phi) is 13.8. The quantitative estimate of drug-likeness (QED) is 0.378. The highest BCUT2D eigenvalue weighted by Crippen LogP contribution is 2.14. The van der Waals surface area contributed by atoms with Crippen molar-refractivity contribution in [3.63, 3.8) is 0 Å². The fourth-order valence-electron chi connectivity index (χ4n) is 2.88. The SMILES string of the molecule is CCCN(CCC)C(CC=C[SiH2]C)N(CCC)CCC. The average Bonchev–Trinajstić information content (AvgIpc) is 2.44. The van der Waals surface area contributed by atoms with E-state index in [1.165, 1.54) is 58.3 Å². The van der Waals surface area contributed by atoms with Gasteiger partial charge >= 0.3 is 0 Å². The van der Waals surface area contributed by atoms with E-state index in [9.17, 15) is 0 Å². The minimum Gasteiger partial charge on any atom is -0.288 e. The maximum atomic E-state index is 2.72.